The van der Waals surface area contributed by atoms with E-state index in [9.17, 15) is 17.6 Å². The third-order valence-corrected chi connectivity index (χ3v) is 7.12. The summed E-state index contributed by atoms with van der Waals surface area (Å²) in [6, 6.07) is 18.2. The molecule has 3 aromatic rings. The van der Waals surface area contributed by atoms with Gasteiger partial charge in [-0.1, -0.05) is 48.0 Å². The van der Waals surface area contributed by atoms with Gasteiger partial charge in [-0.05, 0) is 43.3 Å². The van der Waals surface area contributed by atoms with Gasteiger partial charge < -0.3 is 10.1 Å². The first-order chi connectivity index (χ1) is 15.7. The topological polar surface area (TPSA) is 75.7 Å². The van der Waals surface area contributed by atoms with Crippen LogP contribution in [0.25, 0.3) is 0 Å². The van der Waals surface area contributed by atoms with Crippen LogP contribution in [-0.2, 0) is 21.4 Å². The van der Waals surface area contributed by atoms with Crippen molar-refractivity contribution in [1.82, 2.24) is 9.62 Å². The fourth-order valence-corrected chi connectivity index (χ4v) is 4.85. The molecule has 33 heavy (non-hydrogen) atoms. The number of rotatable bonds is 9. The van der Waals surface area contributed by atoms with Crippen LogP contribution in [0.2, 0.25) is 5.02 Å². The van der Waals surface area contributed by atoms with Crippen molar-refractivity contribution in [2.24, 2.45) is 0 Å². The molecule has 0 unspecified atom stereocenters. The summed E-state index contributed by atoms with van der Waals surface area (Å²) in [5.41, 5.74) is 0.898. The van der Waals surface area contributed by atoms with E-state index >= 15 is 0 Å². The van der Waals surface area contributed by atoms with Crippen LogP contribution in [-0.4, -0.2) is 32.3 Å². The summed E-state index contributed by atoms with van der Waals surface area (Å²) in [4.78, 5) is 12.8. The molecule has 0 spiro atoms. The molecular weight excluding hydrogens is 467 g/mol. The van der Waals surface area contributed by atoms with Gasteiger partial charge in [0.25, 0.3) is 0 Å². The normalized spacial score (nSPS) is 12.4. The lowest BCUT2D eigenvalue weighted by Gasteiger charge is -2.24. The van der Waals surface area contributed by atoms with Gasteiger partial charge in [-0.3, -0.25) is 4.79 Å². The number of carbonyl (C=O) groups is 1. The molecule has 0 bridgehead atoms. The summed E-state index contributed by atoms with van der Waals surface area (Å²) >= 11 is 5.88. The summed E-state index contributed by atoms with van der Waals surface area (Å²) < 4.78 is 47.2. The molecule has 0 fully saturated rings. The van der Waals surface area contributed by atoms with E-state index in [1.54, 1.807) is 19.1 Å². The van der Waals surface area contributed by atoms with Crippen molar-refractivity contribution in [1.29, 1.82) is 0 Å². The minimum absolute atomic E-state index is 0.0474. The van der Waals surface area contributed by atoms with Gasteiger partial charge in [0.2, 0.25) is 15.9 Å². The van der Waals surface area contributed by atoms with Gasteiger partial charge in [0.05, 0.1) is 24.6 Å². The van der Waals surface area contributed by atoms with Crippen molar-refractivity contribution >= 4 is 27.5 Å². The van der Waals surface area contributed by atoms with E-state index in [2.05, 4.69) is 5.32 Å². The Labute approximate surface area is 198 Å². The molecule has 3 aromatic carbocycles. The molecule has 0 aromatic heterocycles. The number of hydrogen-bond acceptors (Lipinski definition) is 4. The van der Waals surface area contributed by atoms with Crippen molar-refractivity contribution in [3.05, 3.63) is 94.8 Å². The zero-order valence-corrected chi connectivity index (χ0v) is 19.7. The highest BCUT2D eigenvalue weighted by atomic mass is 35.5. The Balaban J connectivity index is 1.86. The van der Waals surface area contributed by atoms with Crippen LogP contribution >= 0.6 is 11.6 Å². The van der Waals surface area contributed by atoms with E-state index < -0.39 is 34.3 Å². The number of para-hydroxylation sites is 1. The van der Waals surface area contributed by atoms with Gasteiger partial charge in [0, 0.05) is 22.7 Å². The molecule has 6 nitrogen and oxygen atoms in total. The summed E-state index contributed by atoms with van der Waals surface area (Å²) in [5.74, 6) is -0.499. The molecule has 174 valence electrons. The number of carbonyl (C=O) groups excluding carboxylic acids is 1. The Morgan fingerprint density at radius 3 is 2.36 bits per heavy atom. The molecule has 0 heterocycles. The van der Waals surface area contributed by atoms with E-state index in [1.165, 1.54) is 49.6 Å². The standard InChI is InChI=1S/C24H24ClFN2O4S/c1-17(21-8-4-6-10-23(21)32-2)27-24(29)16-28(15-18-7-3-5-9-22(18)26)33(30,31)20-13-11-19(25)12-14-20/h3-14,17H,15-16H2,1-2H3,(H,27,29)/t17-/m1/s1. The van der Waals surface area contributed by atoms with Crippen LogP contribution in [0, 0.1) is 5.82 Å². The van der Waals surface area contributed by atoms with Gasteiger partial charge in [-0.15, -0.1) is 0 Å². The van der Waals surface area contributed by atoms with Gasteiger partial charge in [-0.25, -0.2) is 12.8 Å². The number of ether oxygens (including phenoxy) is 1. The number of methoxy groups -OCH3 is 1. The lowest BCUT2D eigenvalue weighted by Crippen LogP contribution is -2.41. The monoisotopic (exact) mass is 490 g/mol. The Hall–Kier alpha value is -2.94. The number of nitrogens with one attached hydrogen (secondary N) is 1. The van der Waals surface area contributed by atoms with Crippen molar-refractivity contribution in [3.63, 3.8) is 0 Å². The first-order valence-electron chi connectivity index (χ1n) is 10.1. The average molecular weight is 491 g/mol. The molecule has 1 N–H and O–H groups in total. The van der Waals surface area contributed by atoms with Crippen molar-refractivity contribution < 1.29 is 22.3 Å². The van der Waals surface area contributed by atoms with Crippen LogP contribution in [0.3, 0.4) is 0 Å². The highest BCUT2D eigenvalue weighted by Gasteiger charge is 2.28. The van der Waals surface area contributed by atoms with Crippen LogP contribution in [0.5, 0.6) is 5.75 Å². The second kappa shape index (κ2) is 10.8. The smallest absolute Gasteiger partial charge is 0.243 e. The quantitative estimate of drug-likeness (QED) is 0.477. The Kier molecular flexibility index (Phi) is 8.07. The SMILES string of the molecule is COc1ccccc1[C@@H](C)NC(=O)CN(Cc1ccccc1F)S(=O)(=O)c1ccc(Cl)cc1. The summed E-state index contributed by atoms with van der Waals surface area (Å²) in [7, 11) is -2.59. The zero-order chi connectivity index (χ0) is 24.0. The van der Waals surface area contributed by atoms with Crippen LogP contribution in [0.1, 0.15) is 24.1 Å². The molecule has 3 rings (SSSR count). The highest BCUT2D eigenvalue weighted by molar-refractivity contribution is 7.89. The predicted molar refractivity (Wildman–Crippen MR) is 125 cm³/mol. The average Bonchev–Trinajstić information content (AvgIpc) is 2.80. The lowest BCUT2D eigenvalue weighted by atomic mass is 10.1. The van der Waals surface area contributed by atoms with Crippen LogP contribution < -0.4 is 10.1 Å². The molecule has 1 amide bonds. The van der Waals surface area contributed by atoms with E-state index in [1.807, 2.05) is 18.2 Å². The Morgan fingerprint density at radius 1 is 1.06 bits per heavy atom. The first kappa shape index (κ1) is 24.7. The van der Waals surface area contributed by atoms with E-state index in [0.717, 1.165) is 9.87 Å². The number of sulfonamides is 1. The minimum atomic E-state index is -4.12. The molecule has 9 heteroatoms. The van der Waals surface area contributed by atoms with Crippen LogP contribution in [0.15, 0.2) is 77.7 Å². The summed E-state index contributed by atoms with van der Waals surface area (Å²) in [6.07, 6.45) is 0. The fraction of sp³-hybridized carbons (Fsp3) is 0.208. The Morgan fingerprint density at radius 2 is 1.70 bits per heavy atom. The Bertz CT molecular complexity index is 1220. The number of nitrogens with zero attached hydrogens (tertiary/aromatic N) is 1. The summed E-state index contributed by atoms with van der Waals surface area (Å²) in [5, 5.41) is 3.17. The van der Waals surface area contributed by atoms with Gasteiger partial charge in [0.1, 0.15) is 11.6 Å². The fourth-order valence-electron chi connectivity index (χ4n) is 3.35. The van der Waals surface area contributed by atoms with Crippen molar-refractivity contribution in [2.45, 2.75) is 24.4 Å². The minimum Gasteiger partial charge on any atom is -0.496 e. The maximum absolute atomic E-state index is 14.3. The molecule has 0 aliphatic rings. The lowest BCUT2D eigenvalue weighted by molar-refractivity contribution is -0.122. The molecule has 0 saturated carbocycles. The summed E-state index contributed by atoms with van der Waals surface area (Å²) in [6.45, 7) is 0.956. The number of benzene rings is 3. The number of hydrogen-bond donors (Lipinski definition) is 1. The third kappa shape index (κ3) is 6.10. The molecule has 1 atom stereocenters. The van der Waals surface area contributed by atoms with E-state index in [-0.39, 0.29) is 17.0 Å². The van der Waals surface area contributed by atoms with E-state index in [0.29, 0.717) is 10.8 Å². The molecule has 0 radical (unpaired) electrons. The highest BCUT2D eigenvalue weighted by Crippen LogP contribution is 2.25. The van der Waals surface area contributed by atoms with Crippen molar-refractivity contribution in [3.8, 4) is 5.75 Å². The molecule has 0 aliphatic carbocycles. The maximum Gasteiger partial charge on any atom is 0.243 e. The molecular formula is C24H24ClFN2O4S. The van der Waals surface area contributed by atoms with Gasteiger partial charge in [-0.2, -0.15) is 4.31 Å². The second-order valence-corrected chi connectivity index (χ2v) is 9.72. The van der Waals surface area contributed by atoms with E-state index in [4.69, 9.17) is 16.3 Å². The first-order valence-corrected chi connectivity index (χ1v) is 12.0. The molecule has 0 saturated heterocycles. The van der Waals surface area contributed by atoms with Gasteiger partial charge in [0.15, 0.2) is 0 Å². The third-order valence-electron chi connectivity index (χ3n) is 5.06. The molecule has 0 aliphatic heterocycles. The number of amides is 1. The van der Waals surface area contributed by atoms with Gasteiger partial charge >= 0.3 is 0 Å². The maximum atomic E-state index is 14.3. The zero-order valence-electron chi connectivity index (χ0n) is 18.2. The van der Waals surface area contributed by atoms with Crippen LogP contribution in [0.4, 0.5) is 4.39 Å². The predicted octanol–water partition coefficient (Wildman–Crippen LogP) is 4.56. The second-order valence-electron chi connectivity index (χ2n) is 7.35. The number of halogens is 2. The largest absolute Gasteiger partial charge is 0.496 e. The van der Waals surface area contributed by atoms with Crippen molar-refractivity contribution in [2.75, 3.05) is 13.7 Å².